The minimum Gasteiger partial charge on any atom is -0.406 e. The van der Waals surface area contributed by atoms with Crippen LogP contribution in [0.5, 0.6) is 5.75 Å². The molecule has 1 aromatic carbocycles. The molecule has 0 saturated carbocycles. The molecule has 0 spiro atoms. The first-order chi connectivity index (χ1) is 8.24. The molecule has 0 aliphatic carbocycles. The van der Waals surface area contributed by atoms with Crippen LogP contribution in [0.1, 0.15) is 22.9 Å². The molecule has 1 rings (SSSR count). The second-order valence-electron chi connectivity index (χ2n) is 3.38. The van der Waals surface area contributed by atoms with Gasteiger partial charge in [0.15, 0.2) is 0 Å². The van der Waals surface area contributed by atoms with Crippen molar-refractivity contribution in [1.29, 1.82) is 5.26 Å². The van der Waals surface area contributed by atoms with E-state index in [1.165, 1.54) is 13.0 Å². The summed E-state index contributed by atoms with van der Waals surface area (Å²) in [6, 6.07) is 5.02. The van der Waals surface area contributed by atoms with Gasteiger partial charge < -0.3 is 4.74 Å². The van der Waals surface area contributed by atoms with Crippen LogP contribution >= 0.6 is 15.9 Å². The number of Topliss-reactive ketones (excluding diaryl/α,β-unsaturated/α-hetero) is 1. The van der Waals surface area contributed by atoms with Crippen LogP contribution in [0.4, 0.5) is 13.2 Å². The summed E-state index contributed by atoms with van der Waals surface area (Å²) < 4.78 is 39.9. The van der Waals surface area contributed by atoms with Gasteiger partial charge in [-0.15, -0.1) is 13.2 Å². The van der Waals surface area contributed by atoms with E-state index in [-0.39, 0.29) is 16.9 Å². The Kier molecular flexibility index (Phi) is 4.35. The van der Waals surface area contributed by atoms with E-state index >= 15 is 0 Å². The number of nitrogens with zero attached hydrogens (tertiary/aromatic N) is 1. The van der Waals surface area contributed by atoms with Crippen molar-refractivity contribution in [2.24, 2.45) is 0 Å². The molecular weight excluding hydrogens is 315 g/mol. The van der Waals surface area contributed by atoms with Gasteiger partial charge in [0, 0.05) is 0 Å². The fraction of sp³-hybridized carbons (Fsp3) is 0.273. The van der Waals surface area contributed by atoms with Crippen molar-refractivity contribution >= 4 is 21.7 Å². The maximum atomic E-state index is 12.0. The van der Waals surface area contributed by atoms with Crippen molar-refractivity contribution in [3.8, 4) is 11.8 Å². The number of alkyl halides is 4. The van der Waals surface area contributed by atoms with Gasteiger partial charge in [-0.1, -0.05) is 15.9 Å². The molecule has 1 atom stereocenters. The Morgan fingerprint density at radius 3 is 2.56 bits per heavy atom. The average Bonchev–Trinajstić information content (AvgIpc) is 2.25. The zero-order valence-corrected chi connectivity index (χ0v) is 10.7. The molecule has 0 amide bonds. The van der Waals surface area contributed by atoms with Crippen LogP contribution in [0.15, 0.2) is 18.2 Å². The molecule has 1 unspecified atom stereocenters. The topological polar surface area (TPSA) is 50.1 Å². The van der Waals surface area contributed by atoms with Crippen molar-refractivity contribution in [3.63, 3.8) is 0 Å². The highest BCUT2D eigenvalue weighted by molar-refractivity contribution is 9.09. The Balaban J connectivity index is 3.19. The van der Waals surface area contributed by atoms with Gasteiger partial charge in [0.25, 0.3) is 0 Å². The highest BCUT2D eigenvalue weighted by Gasteiger charge is 2.31. The van der Waals surface area contributed by atoms with Gasteiger partial charge in [0.05, 0.1) is 16.5 Å². The van der Waals surface area contributed by atoms with E-state index in [0.717, 1.165) is 12.1 Å². The van der Waals surface area contributed by atoms with Crippen molar-refractivity contribution < 1.29 is 22.7 Å². The first-order valence-electron chi connectivity index (χ1n) is 4.69. The lowest BCUT2D eigenvalue weighted by Crippen LogP contribution is -2.17. The van der Waals surface area contributed by atoms with Gasteiger partial charge in [-0.2, -0.15) is 5.26 Å². The van der Waals surface area contributed by atoms with E-state index < -0.39 is 16.9 Å². The molecule has 0 aromatic heterocycles. The molecule has 1 aromatic rings. The Morgan fingerprint density at radius 2 is 2.11 bits per heavy atom. The van der Waals surface area contributed by atoms with Gasteiger partial charge in [-0.3, -0.25) is 4.79 Å². The van der Waals surface area contributed by atoms with E-state index in [4.69, 9.17) is 5.26 Å². The number of benzene rings is 1. The summed E-state index contributed by atoms with van der Waals surface area (Å²) in [6.45, 7) is 1.26. The molecule has 0 aliphatic rings. The maximum absolute atomic E-state index is 12.0. The monoisotopic (exact) mass is 321 g/mol. The van der Waals surface area contributed by atoms with Crippen LogP contribution in [0.3, 0.4) is 0 Å². The number of hydrogen-bond donors (Lipinski definition) is 0. The summed E-state index contributed by atoms with van der Waals surface area (Å²) in [5.41, 5.74) is 0.258. The van der Waals surface area contributed by atoms with E-state index in [1.54, 1.807) is 6.07 Å². The first kappa shape index (κ1) is 14.5. The molecule has 0 fully saturated rings. The van der Waals surface area contributed by atoms with Crippen LogP contribution < -0.4 is 4.74 Å². The van der Waals surface area contributed by atoms with Crippen LogP contribution in [0, 0.1) is 11.3 Å². The van der Waals surface area contributed by atoms with Gasteiger partial charge in [0.1, 0.15) is 11.5 Å². The summed E-state index contributed by atoms with van der Waals surface area (Å²) in [4.78, 5) is 10.3. The van der Waals surface area contributed by atoms with E-state index in [9.17, 15) is 18.0 Å². The van der Waals surface area contributed by atoms with Gasteiger partial charge in [-0.25, -0.2) is 0 Å². The zero-order valence-electron chi connectivity index (χ0n) is 9.08. The lowest BCUT2D eigenvalue weighted by Gasteiger charge is -2.13. The average molecular weight is 322 g/mol. The standard InChI is InChI=1S/C11H7BrF3NO2/c1-6(17)10(12)9-4-8(18-11(13,14)15)3-2-7(9)5-16/h2-4,10H,1H3. The molecule has 96 valence electrons. The number of nitriles is 1. The minimum absolute atomic E-state index is 0.113. The number of halogens is 4. The normalized spacial score (nSPS) is 12.7. The van der Waals surface area contributed by atoms with Crippen molar-refractivity contribution in [1.82, 2.24) is 0 Å². The lowest BCUT2D eigenvalue weighted by atomic mass is 10.0. The summed E-state index contributed by atoms with van der Waals surface area (Å²) in [5, 5.41) is 8.83. The molecule has 18 heavy (non-hydrogen) atoms. The van der Waals surface area contributed by atoms with Crippen LogP contribution in [0.25, 0.3) is 0 Å². The molecule has 0 bridgehead atoms. The van der Waals surface area contributed by atoms with Crippen molar-refractivity contribution in [2.75, 3.05) is 0 Å². The molecule has 0 aliphatic heterocycles. The predicted octanol–water partition coefficient (Wildman–Crippen LogP) is 3.48. The predicted molar refractivity (Wildman–Crippen MR) is 60.2 cm³/mol. The fourth-order valence-electron chi connectivity index (χ4n) is 1.27. The van der Waals surface area contributed by atoms with Crippen LogP contribution in [0.2, 0.25) is 0 Å². The highest BCUT2D eigenvalue weighted by atomic mass is 79.9. The third-order valence-electron chi connectivity index (χ3n) is 2.01. The quantitative estimate of drug-likeness (QED) is 0.801. The number of ether oxygens (including phenoxy) is 1. The van der Waals surface area contributed by atoms with Gasteiger partial charge in [0.2, 0.25) is 0 Å². The van der Waals surface area contributed by atoms with Crippen LogP contribution in [-0.2, 0) is 4.79 Å². The van der Waals surface area contributed by atoms with E-state index in [1.807, 2.05) is 0 Å². The van der Waals surface area contributed by atoms with Crippen molar-refractivity contribution in [3.05, 3.63) is 29.3 Å². The molecule has 0 N–H and O–H groups in total. The number of ketones is 1. The Bertz CT molecular complexity index is 508. The first-order valence-corrected chi connectivity index (χ1v) is 5.60. The molecule has 0 saturated heterocycles. The third-order valence-corrected chi connectivity index (χ3v) is 3.15. The summed E-state index contributed by atoms with van der Waals surface area (Å²) >= 11 is 3.02. The van der Waals surface area contributed by atoms with E-state index in [0.29, 0.717) is 0 Å². The Labute approximate surface area is 109 Å². The van der Waals surface area contributed by atoms with Gasteiger partial charge in [-0.05, 0) is 30.7 Å². The Hall–Kier alpha value is -1.55. The second-order valence-corrected chi connectivity index (χ2v) is 4.30. The minimum atomic E-state index is -4.82. The van der Waals surface area contributed by atoms with E-state index in [2.05, 4.69) is 20.7 Å². The largest absolute Gasteiger partial charge is 0.573 e. The maximum Gasteiger partial charge on any atom is 0.573 e. The Morgan fingerprint density at radius 1 is 1.50 bits per heavy atom. The lowest BCUT2D eigenvalue weighted by molar-refractivity contribution is -0.274. The summed E-state index contributed by atoms with van der Waals surface area (Å²) in [5.74, 6) is -0.794. The fourth-order valence-corrected chi connectivity index (χ4v) is 1.65. The number of hydrogen-bond acceptors (Lipinski definition) is 3. The third kappa shape index (κ3) is 3.74. The second kappa shape index (κ2) is 5.40. The number of carbonyl (C=O) groups excluding carboxylic acids is 1. The molecule has 3 nitrogen and oxygen atoms in total. The van der Waals surface area contributed by atoms with Gasteiger partial charge >= 0.3 is 6.36 Å². The molecule has 7 heteroatoms. The highest BCUT2D eigenvalue weighted by Crippen LogP contribution is 2.32. The summed E-state index contributed by atoms with van der Waals surface area (Å²) in [6.07, 6.45) is -4.82. The smallest absolute Gasteiger partial charge is 0.406 e. The van der Waals surface area contributed by atoms with Crippen LogP contribution in [-0.4, -0.2) is 12.1 Å². The molecule has 0 radical (unpaired) electrons. The number of carbonyl (C=O) groups is 1. The SMILES string of the molecule is CC(=O)C(Br)c1cc(OC(F)(F)F)ccc1C#N. The molecular formula is C11H7BrF3NO2. The molecule has 0 heterocycles. The number of rotatable bonds is 3. The zero-order chi connectivity index (χ0) is 13.9. The van der Waals surface area contributed by atoms with Crippen molar-refractivity contribution in [2.45, 2.75) is 18.1 Å². The summed E-state index contributed by atoms with van der Waals surface area (Å²) in [7, 11) is 0.